The molecule has 4 heteroatoms. The van der Waals surface area contributed by atoms with Gasteiger partial charge >= 0.3 is 0 Å². The molecule has 4 nitrogen and oxygen atoms in total. The van der Waals surface area contributed by atoms with Crippen molar-refractivity contribution in [3.05, 3.63) is 41.5 Å². The highest BCUT2D eigenvalue weighted by Gasteiger charge is 2.09. The Morgan fingerprint density at radius 1 is 1.40 bits per heavy atom. The van der Waals surface area contributed by atoms with Crippen molar-refractivity contribution < 1.29 is 14.6 Å². The zero-order valence-corrected chi connectivity index (χ0v) is 12.3. The van der Waals surface area contributed by atoms with Crippen LogP contribution in [0.4, 0.5) is 0 Å². The maximum absolute atomic E-state index is 11.7. The number of allylic oxidation sites excluding steroid dienone is 1. The summed E-state index contributed by atoms with van der Waals surface area (Å²) in [4.78, 5) is 11.7. The van der Waals surface area contributed by atoms with Crippen LogP contribution in [0.3, 0.4) is 0 Å². The van der Waals surface area contributed by atoms with E-state index in [1.165, 1.54) is 0 Å². The molecular formula is C16H23NO3. The Morgan fingerprint density at radius 2 is 2.10 bits per heavy atom. The fourth-order valence-electron chi connectivity index (χ4n) is 1.85. The van der Waals surface area contributed by atoms with Crippen LogP contribution in [-0.2, 0) is 4.79 Å². The number of amides is 1. The van der Waals surface area contributed by atoms with E-state index in [1.807, 2.05) is 26.0 Å². The van der Waals surface area contributed by atoms with Crippen LogP contribution in [0.15, 0.2) is 35.9 Å². The van der Waals surface area contributed by atoms with Crippen LogP contribution in [0.2, 0.25) is 0 Å². The van der Waals surface area contributed by atoms with E-state index in [9.17, 15) is 9.90 Å². The summed E-state index contributed by atoms with van der Waals surface area (Å²) < 4.78 is 5.10. The van der Waals surface area contributed by atoms with Gasteiger partial charge in [-0.05, 0) is 30.5 Å². The van der Waals surface area contributed by atoms with Gasteiger partial charge < -0.3 is 15.2 Å². The maximum Gasteiger partial charge on any atom is 0.244 e. The molecule has 0 spiro atoms. The highest BCUT2D eigenvalue weighted by Crippen LogP contribution is 2.18. The number of methoxy groups -OCH3 is 1. The van der Waals surface area contributed by atoms with Crippen LogP contribution in [0.1, 0.15) is 38.4 Å². The molecule has 1 unspecified atom stereocenters. The van der Waals surface area contributed by atoms with Crippen molar-refractivity contribution in [2.24, 2.45) is 0 Å². The normalized spacial score (nSPS) is 11.6. The molecular weight excluding hydrogens is 254 g/mol. The number of hydrogen-bond acceptors (Lipinski definition) is 3. The fraction of sp³-hybridized carbons (Fsp3) is 0.438. The smallest absolute Gasteiger partial charge is 0.244 e. The van der Waals surface area contributed by atoms with E-state index in [0.29, 0.717) is 5.75 Å². The number of rotatable bonds is 7. The molecule has 0 aromatic heterocycles. The summed E-state index contributed by atoms with van der Waals surface area (Å²) in [6, 6.07) is 7.19. The number of aliphatic hydroxyl groups excluding tert-OH is 1. The predicted molar refractivity (Wildman–Crippen MR) is 79.6 cm³/mol. The summed E-state index contributed by atoms with van der Waals surface area (Å²) in [5, 5.41) is 12.8. The molecule has 110 valence electrons. The van der Waals surface area contributed by atoms with E-state index in [1.54, 1.807) is 25.3 Å². The number of ether oxygens (including phenoxy) is 1. The third kappa shape index (κ3) is 5.05. The zero-order chi connectivity index (χ0) is 15.0. The quantitative estimate of drug-likeness (QED) is 0.753. The van der Waals surface area contributed by atoms with Crippen molar-refractivity contribution in [1.82, 2.24) is 5.32 Å². The number of nitrogens with one attached hydrogen (secondary N) is 1. The molecule has 1 rings (SSSR count). The van der Waals surface area contributed by atoms with Crippen molar-refractivity contribution in [3.63, 3.8) is 0 Å². The fourth-order valence-corrected chi connectivity index (χ4v) is 1.85. The molecule has 0 saturated carbocycles. The van der Waals surface area contributed by atoms with E-state index in [2.05, 4.69) is 5.32 Å². The number of benzene rings is 1. The first-order valence-electron chi connectivity index (χ1n) is 6.90. The van der Waals surface area contributed by atoms with Gasteiger partial charge in [-0.3, -0.25) is 4.79 Å². The van der Waals surface area contributed by atoms with E-state index in [0.717, 1.165) is 24.0 Å². The first kappa shape index (κ1) is 16.2. The van der Waals surface area contributed by atoms with Crippen molar-refractivity contribution in [2.45, 2.75) is 32.8 Å². The molecule has 0 aliphatic rings. The number of aliphatic hydroxyl groups is 1. The van der Waals surface area contributed by atoms with Gasteiger partial charge in [-0.1, -0.05) is 31.6 Å². The Kier molecular flexibility index (Phi) is 6.81. The Hall–Kier alpha value is -1.81. The lowest BCUT2D eigenvalue weighted by molar-refractivity contribution is -0.117. The van der Waals surface area contributed by atoms with Crippen molar-refractivity contribution in [1.29, 1.82) is 0 Å². The average Bonchev–Trinajstić information content (AvgIpc) is 2.50. The van der Waals surface area contributed by atoms with Crippen LogP contribution in [0.5, 0.6) is 5.75 Å². The first-order chi connectivity index (χ1) is 9.60. The molecule has 1 atom stereocenters. The van der Waals surface area contributed by atoms with Gasteiger partial charge in [0.1, 0.15) is 5.75 Å². The van der Waals surface area contributed by atoms with Gasteiger partial charge in [0.15, 0.2) is 0 Å². The van der Waals surface area contributed by atoms with E-state index in [-0.39, 0.29) is 12.5 Å². The second-order valence-corrected chi connectivity index (χ2v) is 4.55. The van der Waals surface area contributed by atoms with Crippen molar-refractivity contribution in [2.75, 3.05) is 13.7 Å². The highest BCUT2D eigenvalue weighted by molar-refractivity contribution is 5.88. The molecule has 1 aromatic carbocycles. The van der Waals surface area contributed by atoms with Crippen LogP contribution >= 0.6 is 0 Å². The third-order valence-electron chi connectivity index (χ3n) is 3.19. The van der Waals surface area contributed by atoms with Crippen molar-refractivity contribution in [3.8, 4) is 5.75 Å². The standard InChI is InChI=1S/C16H23NO3/c1-4-12(5-2)9-16(19)17-11-15(18)13-7-6-8-14(10-13)20-3/h6-10,15,18H,4-5,11H2,1-3H3,(H,17,19). The van der Waals surface area contributed by atoms with Gasteiger partial charge in [-0.15, -0.1) is 0 Å². The second-order valence-electron chi connectivity index (χ2n) is 4.55. The molecule has 2 N–H and O–H groups in total. The molecule has 1 amide bonds. The lowest BCUT2D eigenvalue weighted by Gasteiger charge is -2.12. The topological polar surface area (TPSA) is 58.6 Å². The number of carbonyl (C=O) groups excluding carboxylic acids is 1. The van der Waals surface area contributed by atoms with Crippen LogP contribution in [-0.4, -0.2) is 24.7 Å². The minimum atomic E-state index is -0.742. The largest absolute Gasteiger partial charge is 0.497 e. The summed E-state index contributed by atoms with van der Waals surface area (Å²) in [5.41, 5.74) is 1.82. The summed E-state index contributed by atoms with van der Waals surface area (Å²) in [5.74, 6) is 0.526. The Balaban J connectivity index is 2.56. The molecule has 0 aliphatic heterocycles. The Morgan fingerprint density at radius 3 is 2.70 bits per heavy atom. The van der Waals surface area contributed by atoms with Gasteiger partial charge in [0, 0.05) is 12.6 Å². The monoisotopic (exact) mass is 277 g/mol. The van der Waals surface area contributed by atoms with Crippen LogP contribution in [0, 0.1) is 0 Å². The van der Waals surface area contributed by atoms with Crippen molar-refractivity contribution >= 4 is 5.91 Å². The minimum absolute atomic E-state index is 0.161. The summed E-state index contributed by atoms with van der Waals surface area (Å²) >= 11 is 0. The SMILES string of the molecule is CCC(=CC(=O)NCC(O)c1cccc(OC)c1)CC. The molecule has 0 heterocycles. The maximum atomic E-state index is 11.7. The van der Waals surface area contributed by atoms with E-state index >= 15 is 0 Å². The zero-order valence-electron chi connectivity index (χ0n) is 12.3. The molecule has 0 fully saturated rings. The van der Waals surface area contributed by atoms with Crippen LogP contribution < -0.4 is 10.1 Å². The van der Waals surface area contributed by atoms with Crippen LogP contribution in [0.25, 0.3) is 0 Å². The number of hydrogen-bond donors (Lipinski definition) is 2. The number of carbonyl (C=O) groups is 1. The second kappa shape index (κ2) is 8.38. The summed E-state index contributed by atoms with van der Waals surface area (Å²) in [6.07, 6.45) is 2.59. The lowest BCUT2D eigenvalue weighted by Crippen LogP contribution is -2.27. The molecule has 20 heavy (non-hydrogen) atoms. The van der Waals surface area contributed by atoms with Gasteiger partial charge in [0.2, 0.25) is 5.91 Å². The van der Waals surface area contributed by atoms with Gasteiger partial charge in [-0.25, -0.2) is 0 Å². The Bertz CT molecular complexity index is 463. The summed E-state index contributed by atoms with van der Waals surface area (Å²) in [6.45, 7) is 4.23. The molecule has 0 saturated heterocycles. The lowest BCUT2D eigenvalue weighted by atomic mass is 10.1. The predicted octanol–water partition coefficient (Wildman–Crippen LogP) is 2.59. The molecule has 0 aliphatic carbocycles. The summed E-state index contributed by atoms with van der Waals surface area (Å²) in [7, 11) is 1.58. The molecule has 0 radical (unpaired) electrons. The van der Waals surface area contributed by atoms with E-state index in [4.69, 9.17) is 4.74 Å². The molecule has 1 aromatic rings. The average molecular weight is 277 g/mol. The highest BCUT2D eigenvalue weighted by atomic mass is 16.5. The Labute approximate surface area is 120 Å². The molecule has 0 bridgehead atoms. The van der Waals surface area contributed by atoms with E-state index < -0.39 is 6.10 Å². The van der Waals surface area contributed by atoms with Gasteiger partial charge in [-0.2, -0.15) is 0 Å². The van der Waals surface area contributed by atoms with Gasteiger partial charge in [0.25, 0.3) is 0 Å². The first-order valence-corrected chi connectivity index (χ1v) is 6.90. The van der Waals surface area contributed by atoms with Gasteiger partial charge in [0.05, 0.1) is 13.2 Å². The third-order valence-corrected chi connectivity index (χ3v) is 3.19. The minimum Gasteiger partial charge on any atom is -0.497 e.